The molecule has 1 N–H and O–H groups in total. The zero-order valence-electron chi connectivity index (χ0n) is 15.8. The Morgan fingerprint density at radius 3 is 2.31 bits per heavy atom. The van der Waals surface area contributed by atoms with Gasteiger partial charge in [-0.3, -0.25) is 14.8 Å². The summed E-state index contributed by atoms with van der Waals surface area (Å²) in [6, 6.07) is 25.3. The van der Waals surface area contributed by atoms with Crippen molar-refractivity contribution >= 4 is 23.2 Å². The number of nitrogens with zero attached hydrogens (tertiary/aromatic N) is 2. The molecule has 29 heavy (non-hydrogen) atoms. The van der Waals surface area contributed by atoms with Crippen molar-refractivity contribution in [1.82, 2.24) is 10.2 Å². The molecule has 1 aliphatic rings. The molecular formula is C24H18ClN3O. The summed E-state index contributed by atoms with van der Waals surface area (Å²) in [5, 5.41) is 8.14. The van der Waals surface area contributed by atoms with Crippen LogP contribution in [0.5, 0.6) is 0 Å². The van der Waals surface area contributed by atoms with E-state index in [4.69, 9.17) is 11.6 Å². The Morgan fingerprint density at radius 1 is 0.931 bits per heavy atom. The van der Waals surface area contributed by atoms with E-state index in [9.17, 15) is 4.79 Å². The van der Waals surface area contributed by atoms with Gasteiger partial charge in [0.1, 0.15) is 5.69 Å². The Labute approximate surface area is 173 Å². The molecule has 4 nitrogen and oxygen atoms in total. The maximum atomic E-state index is 13.4. The summed E-state index contributed by atoms with van der Waals surface area (Å²) in [5.41, 5.74) is 6.24. The molecule has 0 bridgehead atoms. The predicted octanol–water partition coefficient (Wildman–Crippen LogP) is 5.79. The molecule has 5 rings (SSSR count). The van der Waals surface area contributed by atoms with Crippen molar-refractivity contribution < 1.29 is 4.79 Å². The standard InChI is InChI=1S/C24H18ClN3O/c1-15-7-9-16(10-8-15)21-20-22(27-26-21)24(29)28(19-13-11-18(25)12-14-19)23(20)17-5-3-2-4-6-17/h2-14,23H,1H3,(H,26,27)/t23-/m1/s1. The molecule has 0 radical (unpaired) electrons. The highest BCUT2D eigenvalue weighted by Crippen LogP contribution is 2.45. The minimum absolute atomic E-state index is 0.0953. The van der Waals surface area contributed by atoms with E-state index in [0.717, 1.165) is 28.1 Å². The second kappa shape index (κ2) is 6.90. The van der Waals surface area contributed by atoms with E-state index in [2.05, 4.69) is 29.3 Å². The number of rotatable bonds is 3. The number of benzene rings is 3. The van der Waals surface area contributed by atoms with E-state index in [1.165, 1.54) is 5.56 Å². The van der Waals surface area contributed by atoms with Crippen LogP contribution in [0.25, 0.3) is 11.3 Å². The molecule has 0 fully saturated rings. The Bertz CT molecular complexity index is 1180. The van der Waals surface area contributed by atoms with Crippen molar-refractivity contribution in [3.05, 3.63) is 106 Å². The fraction of sp³-hybridized carbons (Fsp3) is 0.0833. The lowest BCUT2D eigenvalue weighted by atomic mass is 9.95. The van der Waals surface area contributed by atoms with Crippen LogP contribution >= 0.6 is 11.6 Å². The number of aromatic nitrogens is 2. The van der Waals surface area contributed by atoms with Gasteiger partial charge in [-0.25, -0.2) is 0 Å². The molecule has 1 atom stereocenters. The highest BCUT2D eigenvalue weighted by atomic mass is 35.5. The van der Waals surface area contributed by atoms with Gasteiger partial charge in [-0.05, 0) is 36.8 Å². The number of hydrogen-bond acceptors (Lipinski definition) is 2. The van der Waals surface area contributed by atoms with Gasteiger partial charge in [0, 0.05) is 21.8 Å². The lowest BCUT2D eigenvalue weighted by Gasteiger charge is -2.26. The smallest absolute Gasteiger partial charge is 0.277 e. The first-order valence-electron chi connectivity index (χ1n) is 9.43. The molecule has 5 heteroatoms. The van der Waals surface area contributed by atoms with Gasteiger partial charge in [-0.2, -0.15) is 5.10 Å². The maximum Gasteiger partial charge on any atom is 0.277 e. The number of carbonyl (C=O) groups excluding carboxylic acids is 1. The summed E-state index contributed by atoms with van der Waals surface area (Å²) in [6.07, 6.45) is 0. The third kappa shape index (κ3) is 2.93. The molecule has 1 aliphatic heterocycles. The van der Waals surface area contributed by atoms with Crippen molar-refractivity contribution in [3.63, 3.8) is 0 Å². The van der Waals surface area contributed by atoms with E-state index in [1.54, 1.807) is 12.1 Å². The Hall–Kier alpha value is -3.37. The monoisotopic (exact) mass is 399 g/mol. The zero-order valence-corrected chi connectivity index (χ0v) is 16.5. The molecule has 1 amide bonds. The summed E-state index contributed by atoms with van der Waals surface area (Å²) in [6.45, 7) is 2.05. The first kappa shape index (κ1) is 17.7. The van der Waals surface area contributed by atoms with Crippen LogP contribution in [-0.4, -0.2) is 16.1 Å². The fourth-order valence-corrected chi connectivity index (χ4v) is 4.02. The van der Waals surface area contributed by atoms with Crippen LogP contribution in [0, 0.1) is 6.92 Å². The number of aryl methyl sites for hydroxylation is 1. The van der Waals surface area contributed by atoms with Gasteiger partial charge in [-0.1, -0.05) is 71.8 Å². The number of fused-ring (bicyclic) bond motifs is 1. The van der Waals surface area contributed by atoms with Crippen LogP contribution in [-0.2, 0) is 0 Å². The minimum Gasteiger partial charge on any atom is -0.295 e. The van der Waals surface area contributed by atoms with Crippen LogP contribution in [0.15, 0.2) is 78.9 Å². The van der Waals surface area contributed by atoms with Crippen LogP contribution in [0.4, 0.5) is 5.69 Å². The fourth-order valence-electron chi connectivity index (χ4n) is 3.90. The van der Waals surface area contributed by atoms with Crippen molar-refractivity contribution in [1.29, 1.82) is 0 Å². The van der Waals surface area contributed by atoms with Gasteiger partial charge in [0.05, 0.1) is 11.7 Å². The average molecular weight is 400 g/mol. The first-order valence-corrected chi connectivity index (χ1v) is 9.80. The molecule has 142 valence electrons. The van der Waals surface area contributed by atoms with Crippen LogP contribution in [0.1, 0.15) is 33.2 Å². The van der Waals surface area contributed by atoms with Crippen molar-refractivity contribution in [2.24, 2.45) is 0 Å². The third-order valence-corrected chi connectivity index (χ3v) is 5.57. The molecule has 2 heterocycles. The number of aromatic amines is 1. The van der Waals surface area contributed by atoms with E-state index in [-0.39, 0.29) is 11.9 Å². The van der Waals surface area contributed by atoms with E-state index in [0.29, 0.717) is 10.7 Å². The number of hydrogen-bond donors (Lipinski definition) is 1. The summed E-state index contributed by atoms with van der Waals surface area (Å²) >= 11 is 6.07. The molecule has 4 aromatic rings. The zero-order chi connectivity index (χ0) is 20.0. The number of halogens is 1. The van der Waals surface area contributed by atoms with E-state index in [1.807, 2.05) is 59.5 Å². The molecule has 0 saturated heterocycles. The number of carbonyl (C=O) groups is 1. The molecule has 0 aliphatic carbocycles. The summed E-state index contributed by atoms with van der Waals surface area (Å²) in [4.78, 5) is 15.2. The summed E-state index contributed by atoms with van der Waals surface area (Å²) in [7, 11) is 0. The average Bonchev–Trinajstić information content (AvgIpc) is 3.29. The van der Waals surface area contributed by atoms with E-state index < -0.39 is 0 Å². The summed E-state index contributed by atoms with van der Waals surface area (Å²) in [5.74, 6) is -0.0953. The first-order chi connectivity index (χ1) is 14.1. The predicted molar refractivity (Wildman–Crippen MR) is 115 cm³/mol. The minimum atomic E-state index is -0.269. The van der Waals surface area contributed by atoms with E-state index >= 15 is 0 Å². The maximum absolute atomic E-state index is 13.4. The Kier molecular flexibility index (Phi) is 4.22. The molecule has 0 saturated carbocycles. The van der Waals surface area contributed by atoms with Crippen molar-refractivity contribution in [2.45, 2.75) is 13.0 Å². The second-order valence-corrected chi connectivity index (χ2v) is 7.63. The SMILES string of the molecule is Cc1ccc(-c2n[nH]c3c2[C@@H](c2ccccc2)N(c2ccc(Cl)cc2)C3=O)cc1. The number of amides is 1. The van der Waals surface area contributed by atoms with Crippen molar-refractivity contribution in [3.8, 4) is 11.3 Å². The lowest BCUT2D eigenvalue weighted by Crippen LogP contribution is -2.29. The highest BCUT2D eigenvalue weighted by Gasteiger charge is 2.42. The molecule has 0 spiro atoms. The van der Waals surface area contributed by atoms with Crippen molar-refractivity contribution in [2.75, 3.05) is 4.90 Å². The van der Waals surface area contributed by atoms with Gasteiger partial charge in [0.25, 0.3) is 5.91 Å². The molecular weight excluding hydrogens is 382 g/mol. The quantitative estimate of drug-likeness (QED) is 0.474. The number of nitrogens with one attached hydrogen (secondary N) is 1. The largest absolute Gasteiger partial charge is 0.295 e. The topological polar surface area (TPSA) is 49.0 Å². The van der Waals surface area contributed by atoms with Crippen LogP contribution < -0.4 is 4.90 Å². The van der Waals surface area contributed by atoms with Gasteiger partial charge < -0.3 is 0 Å². The van der Waals surface area contributed by atoms with Crippen LogP contribution in [0.2, 0.25) is 5.02 Å². The van der Waals surface area contributed by atoms with Gasteiger partial charge in [0.2, 0.25) is 0 Å². The summed E-state index contributed by atoms with van der Waals surface area (Å²) < 4.78 is 0. The van der Waals surface area contributed by atoms with Gasteiger partial charge >= 0.3 is 0 Å². The Balaban J connectivity index is 1.71. The highest BCUT2D eigenvalue weighted by molar-refractivity contribution is 6.30. The van der Waals surface area contributed by atoms with Crippen LogP contribution in [0.3, 0.4) is 0 Å². The molecule has 0 unspecified atom stereocenters. The van der Waals surface area contributed by atoms with Gasteiger partial charge in [0.15, 0.2) is 0 Å². The Morgan fingerprint density at radius 2 is 1.62 bits per heavy atom. The lowest BCUT2D eigenvalue weighted by molar-refractivity contribution is 0.0989. The normalized spacial score (nSPS) is 15.6. The molecule has 3 aromatic carbocycles. The number of anilines is 1. The molecule has 1 aromatic heterocycles. The third-order valence-electron chi connectivity index (χ3n) is 5.31. The van der Waals surface area contributed by atoms with Gasteiger partial charge in [-0.15, -0.1) is 0 Å². The second-order valence-electron chi connectivity index (χ2n) is 7.19. The number of H-pyrrole nitrogens is 1.